The molecule has 3 unspecified atom stereocenters. The highest BCUT2D eigenvalue weighted by molar-refractivity contribution is 7.99. The van der Waals surface area contributed by atoms with Crippen LogP contribution in [0.25, 0.3) is 0 Å². The molecule has 2 fully saturated rings. The summed E-state index contributed by atoms with van der Waals surface area (Å²) in [5.41, 5.74) is 0. The van der Waals surface area contributed by atoms with Gasteiger partial charge < -0.3 is 15.0 Å². The molecule has 0 aliphatic carbocycles. The predicted octanol–water partition coefficient (Wildman–Crippen LogP) is 0.285. The van der Waals surface area contributed by atoms with Crippen molar-refractivity contribution < 1.29 is 9.53 Å². The number of carbonyl (C=O) groups excluding carboxylic acids is 1. The van der Waals surface area contributed by atoms with Crippen LogP contribution >= 0.6 is 11.8 Å². The average Bonchev–Trinajstić information content (AvgIpc) is 2.57. The number of likely N-dealkylation sites (N-methyl/N-ethyl adjacent to an activating group) is 1. The van der Waals surface area contributed by atoms with E-state index in [0.717, 1.165) is 17.9 Å². The molecule has 3 atom stereocenters. The molecule has 86 valence electrons. The topological polar surface area (TPSA) is 41.6 Å². The van der Waals surface area contributed by atoms with E-state index in [0.29, 0.717) is 12.6 Å². The minimum atomic E-state index is -0.00963. The van der Waals surface area contributed by atoms with Crippen LogP contribution in [0.3, 0.4) is 0 Å². The first-order chi connectivity index (χ1) is 7.27. The lowest BCUT2D eigenvalue weighted by Crippen LogP contribution is -2.50. The molecule has 0 bridgehead atoms. The number of hydrogen-bond acceptors (Lipinski definition) is 4. The molecule has 0 spiro atoms. The maximum Gasteiger partial charge on any atom is 0.242 e. The summed E-state index contributed by atoms with van der Waals surface area (Å²) in [6, 6.07) is 0.363. The lowest BCUT2D eigenvalue weighted by atomic mass is 10.2. The quantitative estimate of drug-likeness (QED) is 0.756. The van der Waals surface area contributed by atoms with Crippen LogP contribution in [0.1, 0.15) is 13.3 Å². The molecule has 0 radical (unpaired) electrons. The Bertz CT molecular complexity index is 248. The molecule has 2 saturated heterocycles. The Hall–Kier alpha value is -0.260. The Morgan fingerprint density at radius 2 is 2.40 bits per heavy atom. The van der Waals surface area contributed by atoms with Gasteiger partial charge in [-0.05, 0) is 20.4 Å². The highest BCUT2D eigenvalue weighted by atomic mass is 32.2. The maximum absolute atomic E-state index is 12.0. The summed E-state index contributed by atoms with van der Waals surface area (Å²) >= 11 is 1.89. The van der Waals surface area contributed by atoms with E-state index < -0.39 is 0 Å². The third-order valence-corrected chi connectivity index (χ3v) is 4.18. The van der Waals surface area contributed by atoms with Gasteiger partial charge in [0.2, 0.25) is 5.91 Å². The summed E-state index contributed by atoms with van der Waals surface area (Å²) in [5, 5.41) is 3.08. The molecule has 15 heavy (non-hydrogen) atoms. The molecule has 4 nitrogen and oxygen atoms in total. The van der Waals surface area contributed by atoms with E-state index in [-0.39, 0.29) is 18.2 Å². The first-order valence-corrected chi connectivity index (χ1v) is 6.62. The number of nitrogens with zero attached hydrogens (tertiary/aromatic N) is 1. The summed E-state index contributed by atoms with van der Waals surface area (Å²) in [7, 11) is 1.85. The van der Waals surface area contributed by atoms with Crippen molar-refractivity contribution in [3.05, 3.63) is 0 Å². The molecule has 2 heterocycles. The van der Waals surface area contributed by atoms with Crippen molar-refractivity contribution in [2.75, 3.05) is 25.2 Å². The predicted molar refractivity (Wildman–Crippen MR) is 60.8 cm³/mol. The van der Waals surface area contributed by atoms with Gasteiger partial charge in [0.05, 0.1) is 6.04 Å². The number of hydrogen-bond donors (Lipinski definition) is 1. The van der Waals surface area contributed by atoms with Gasteiger partial charge in [0.1, 0.15) is 6.23 Å². The smallest absolute Gasteiger partial charge is 0.242 e. The molecule has 1 amide bonds. The normalized spacial score (nSPS) is 35.7. The van der Waals surface area contributed by atoms with Gasteiger partial charge in [-0.25, -0.2) is 0 Å². The number of rotatable bonds is 3. The minimum Gasteiger partial charge on any atom is -0.358 e. The molecular weight excluding hydrogens is 212 g/mol. The molecule has 1 N–H and O–H groups in total. The van der Waals surface area contributed by atoms with Crippen molar-refractivity contribution in [1.29, 1.82) is 0 Å². The van der Waals surface area contributed by atoms with Crippen LogP contribution in [0.5, 0.6) is 0 Å². The third kappa shape index (κ3) is 2.00. The Morgan fingerprint density at radius 3 is 3.07 bits per heavy atom. The number of ether oxygens (including phenoxy) is 1. The largest absolute Gasteiger partial charge is 0.358 e. The summed E-state index contributed by atoms with van der Waals surface area (Å²) in [6.07, 6.45) is 0.913. The van der Waals surface area contributed by atoms with Crippen LogP contribution in [0.15, 0.2) is 0 Å². The molecule has 5 heteroatoms. The third-order valence-electron chi connectivity index (χ3n) is 3.04. The van der Waals surface area contributed by atoms with E-state index in [1.165, 1.54) is 0 Å². The van der Waals surface area contributed by atoms with Crippen LogP contribution in [0.4, 0.5) is 0 Å². The Balaban J connectivity index is 2.09. The fraction of sp³-hybridized carbons (Fsp3) is 0.900. The Labute approximate surface area is 94.7 Å². The molecule has 0 saturated carbocycles. The zero-order chi connectivity index (χ0) is 10.8. The van der Waals surface area contributed by atoms with Crippen molar-refractivity contribution in [3.8, 4) is 0 Å². The number of nitrogens with one attached hydrogen (secondary N) is 1. The van der Waals surface area contributed by atoms with Crippen LogP contribution in [0.2, 0.25) is 0 Å². The maximum atomic E-state index is 12.0. The zero-order valence-corrected chi connectivity index (χ0v) is 10.0. The lowest BCUT2D eigenvalue weighted by molar-refractivity contribution is -0.143. The summed E-state index contributed by atoms with van der Waals surface area (Å²) in [4.78, 5) is 14.0. The van der Waals surface area contributed by atoms with Crippen molar-refractivity contribution in [2.24, 2.45) is 0 Å². The first kappa shape index (κ1) is 11.2. The summed E-state index contributed by atoms with van der Waals surface area (Å²) in [5.74, 6) is 2.17. The molecule has 0 aromatic heterocycles. The van der Waals surface area contributed by atoms with Crippen molar-refractivity contribution >= 4 is 17.7 Å². The molecule has 2 aliphatic heterocycles. The average molecular weight is 230 g/mol. The number of carbonyl (C=O) groups is 1. The van der Waals surface area contributed by atoms with Crippen molar-refractivity contribution in [3.63, 3.8) is 0 Å². The van der Waals surface area contributed by atoms with Gasteiger partial charge in [0, 0.05) is 24.2 Å². The number of amides is 1. The van der Waals surface area contributed by atoms with E-state index in [1.807, 2.05) is 30.6 Å². The second kappa shape index (κ2) is 4.72. The second-order valence-electron chi connectivity index (χ2n) is 3.92. The van der Waals surface area contributed by atoms with E-state index in [2.05, 4.69) is 5.32 Å². The van der Waals surface area contributed by atoms with Crippen LogP contribution in [0, 0.1) is 0 Å². The second-order valence-corrected chi connectivity index (χ2v) is 5.00. The highest BCUT2D eigenvalue weighted by Crippen LogP contribution is 2.31. The minimum absolute atomic E-state index is 0.00310. The van der Waals surface area contributed by atoms with Crippen LogP contribution < -0.4 is 5.32 Å². The van der Waals surface area contributed by atoms with Gasteiger partial charge in [-0.1, -0.05) is 0 Å². The summed E-state index contributed by atoms with van der Waals surface area (Å²) < 4.78 is 5.62. The van der Waals surface area contributed by atoms with Gasteiger partial charge in [0.15, 0.2) is 0 Å². The van der Waals surface area contributed by atoms with Crippen molar-refractivity contribution in [1.82, 2.24) is 10.2 Å². The summed E-state index contributed by atoms with van der Waals surface area (Å²) in [6.45, 7) is 2.65. The van der Waals surface area contributed by atoms with E-state index in [4.69, 9.17) is 4.74 Å². The molecular formula is C10H18N2O2S. The van der Waals surface area contributed by atoms with Crippen LogP contribution in [-0.2, 0) is 9.53 Å². The van der Waals surface area contributed by atoms with Gasteiger partial charge in [0.25, 0.3) is 0 Å². The van der Waals surface area contributed by atoms with Crippen LogP contribution in [-0.4, -0.2) is 54.3 Å². The molecule has 0 aromatic rings. The molecule has 0 aromatic carbocycles. The highest BCUT2D eigenvalue weighted by Gasteiger charge is 2.44. The van der Waals surface area contributed by atoms with Crippen molar-refractivity contribution in [2.45, 2.75) is 31.7 Å². The van der Waals surface area contributed by atoms with Gasteiger partial charge in [-0.15, -0.1) is 0 Å². The van der Waals surface area contributed by atoms with Gasteiger partial charge >= 0.3 is 0 Å². The van der Waals surface area contributed by atoms with E-state index in [9.17, 15) is 4.79 Å². The molecule has 2 aliphatic rings. The number of thioether (sulfide) groups is 1. The van der Waals surface area contributed by atoms with E-state index in [1.54, 1.807) is 0 Å². The van der Waals surface area contributed by atoms with Gasteiger partial charge in [-0.3, -0.25) is 4.79 Å². The van der Waals surface area contributed by atoms with Gasteiger partial charge in [-0.2, -0.15) is 11.8 Å². The number of fused-ring (bicyclic) bond motifs is 1. The first-order valence-electron chi connectivity index (χ1n) is 5.46. The monoisotopic (exact) mass is 230 g/mol. The van der Waals surface area contributed by atoms with E-state index >= 15 is 0 Å². The lowest BCUT2D eigenvalue weighted by Gasteiger charge is -2.36. The fourth-order valence-corrected chi connectivity index (χ4v) is 3.48. The molecule has 2 rings (SSSR count). The Morgan fingerprint density at radius 1 is 1.60 bits per heavy atom. The Kier molecular flexibility index (Phi) is 3.53. The standard InChI is InChI=1S/C10H18N2O2S/c1-3-14-9-6-15-5-7-4-8(11-2)10(13)12(7)9/h7-9,11H,3-6H2,1-2H3. The zero-order valence-electron chi connectivity index (χ0n) is 9.23. The SMILES string of the molecule is CCOC1CSCC2CC(NC)C(=O)N21. The fourth-order valence-electron chi connectivity index (χ4n) is 2.32.